The summed E-state index contributed by atoms with van der Waals surface area (Å²) < 4.78 is 0. The number of hydrogen-bond acceptors (Lipinski definition) is 3. The summed E-state index contributed by atoms with van der Waals surface area (Å²) in [4.78, 5) is 4.20. The largest absolute Gasteiger partial charge is 0.297 e. The highest BCUT2D eigenvalue weighted by Crippen LogP contribution is 1.86. The van der Waals surface area contributed by atoms with Crippen LogP contribution in [-0.2, 0) is 0 Å². The van der Waals surface area contributed by atoms with Gasteiger partial charge in [-0.25, -0.2) is 0 Å². The molecular weight excluding hydrogens is 150 g/mol. The van der Waals surface area contributed by atoms with Crippen LogP contribution in [0.4, 0.5) is 0 Å². The molecule has 0 aromatic rings. The quantitative estimate of drug-likeness (QED) is 0.481. The highest BCUT2D eigenvalue weighted by Gasteiger charge is 1.93. The fourth-order valence-electron chi connectivity index (χ4n) is 0.806. The van der Waals surface area contributed by atoms with E-state index in [-0.39, 0.29) is 6.29 Å². The van der Waals surface area contributed by atoms with E-state index in [1.165, 1.54) is 0 Å². The Morgan fingerprint density at radius 3 is 2.75 bits per heavy atom. The average Bonchev–Trinajstić information content (AvgIpc) is 2.01. The second kappa shape index (κ2) is 7.00. The summed E-state index contributed by atoms with van der Waals surface area (Å²) in [6.45, 7) is 6.89. The third kappa shape index (κ3) is 6.07. The lowest BCUT2D eigenvalue weighted by Gasteiger charge is -2.06. The highest BCUT2D eigenvalue weighted by atomic mass is 15.2. The number of nitrogens with one attached hydrogen (secondary N) is 1. The van der Waals surface area contributed by atoms with Crippen molar-refractivity contribution in [1.29, 1.82) is 0 Å². The summed E-state index contributed by atoms with van der Waals surface area (Å²) in [6.07, 6.45) is 4.81. The molecule has 1 atom stereocenters. The first kappa shape index (κ1) is 11.3. The van der Waals surface area contributed by atoms with Crippen LogP contribution >= 0.6 is 0 Å². The molecule has 0 radical (unpaired) electrons. The van der Waals surface area contributed by atoms with Crippen molar-refractivity contribution in [3.05, 3.63) is 12.2 Å². The van der Waals surface area contributed by atoms with Gasteiger partial charge in [-0.1, -0.05) is 19.9 Å². The maximum atomic E-state index is 5.62. The van der Waals surface area contributed by atoms with Gasteiger partial charge >= 0.3 is 0 Å². The molecule has 3 heteroatoms. The van der Waals surface area contributed by atoms with Crippen LogP contribution < -0.4 is 11.1 Å². The zero-order valence-electron chi connectivity index (χ0n) is 8.17. The van der Waals surface area contributed by atoms with E-state index in [0.29, 0.717) is 0 Å². The van der Waals surface area contributed by atoms with Gasteiger partial charge in [0.05, 0.1) is 0 Å². The minimum Gasteiger partial charge on any atom is -0.297 e. The van der Waals surface area contributed by atoms with Crippen LogP contribution in [0.5, 0.6) is 0 Å². The Morgan fingerprint density at radius 1 is 1.58 bits per heavy atom. The molecule has 0 aliphatic carbocycles. The van der Waals surface area contributed by atoms with Crippen LogP contribution in [0.15, 0.2) is 17.1 Å². The van der Waals surface area contributed by atoms with Gasteiger partial charge in [0.25, 0.3) is 0 Å². The van der Waals surface area contributed by atoms with E-state index in [9.17, 15) is 0 Å². The van der Waals surface area contributed by atoms with Gasteiger partial charge in [-0.2, -0.15) is 0 Å². The fraction of sp³-hybridized carbons (Fsp3) is 0.667. The van der Waals surface area contributed by atoms with Crippen LogP contribution in [-0.4, -0.2) is 18.5 Å². The van der Waals surface area contributed by atoms with Gasteiger partial charge in [0.2, 0.25) is 0 Å². The van der Waals surface area contributed by atoms with Crippen molar-refractivity contribution in [3.63, 3.8) is 0 Å². The van der Waals surface area contributed by atoms with Gasteiger partial charge in [0.15, 0.2) is 6.29 Å². The van der Waals surface area contributed by atoms with Gasteiger partial charge in [-0.3, -0.25) is 16.0 Å². The van der Waals surface area contributed by atoms with E-state index in [2.05, 4.69) is 23.3 Å². The molecule has 0 saturated heterocycles. The van der Waals surface area contributed by atoms with Crippen LogP contribution in [0.2, 0.25) is 0 Å². The highest BCUT2D eigenvalue weighted by molar-refractivity contribution is 5.92. The molecule has 3 nitrogen and oxygen atoms in total. The molecule has 0 amide bonds. The molecule has 12 heavy (non-hydrogen) atoms. The van der Waals surface area contributed by atoms with Crippen molar-refractivity contribution in [3.8, 4) is 0 Å². The molecule has 0 saturated carbocycles. The number of aliphatic imine (C=N–C) groups is 1. The third-order valence-corrected chi connectivity index (χ3v) is 1.35. The Hall–Kier alpha value is -0.670. The lowest BCUT2D eigenvalue weighted by atomic mass is 10.3. The van der Waals surface area contributed by atoms with E-state index in [1.807, 2.05) is 19.9 Å². The standard InChI is InChI=1S/C9H19N3/c1-4-6-7-8(3)12-9(10)11-5-2/h6-7,9,11H,4-5,10H2,1-3H3/b7-6+,12-8-. The number of hydrogen-bond donors (Lipinski definition) is 2. The molecule has 0 aliphatic heterocycles. The summed E-state index contributed by atoms with van der Waals surface area (Å²) in [7, 11) is 0. The molecule has 70 valence electrons. The van der Waals surface area contributed by atoms with Gasteiger partial charge in [-0.05, 0) is 26.0 Å². The monoisotopic (exact) mass is 169 g/mol. The van der Waals surface area contributed by atoms with Gasteiger partial charge < -0.3 is 0 Å². The van der Waals surface area contributed by atoms with Gasteiger partial charge in [-0.15, -0.1) is 0 Å². The van der Waals surface area contributed by atoms with Crippen molar-refractivity contribution < 1.29 is 0 Å². The lowest BCUT2D eigenvalue weighted by Crippen LogP contribution is -2.35. The molecule has 0 heterocycles. The fourth-order valence-corrected chi connectivity index (χ4v) is 0.806. The maximum Gasteiger partial charge on any atom is 0.151 e. The second-order valence-electron chi connectivity index (χ2n) is 2.58. The lowest BCUT2D eigenvalue weighted by molar-refractivity contribution is 0.568. The zero-order chi connectivity index (χ0) is 9.40. The minimum atomic E-state index is -0.267. The molecule has 3 N–H and O–H groups in total. The van der Waals surface area contributed by atoms with Crippen molar-refractivity contribution in [2.45, 2.75) is 33.5 Å². The summed E-state index contributed by atoms with van der Waals surface area (Å²) in [5.41, 5.74) is 6.59. The summed E-state index contributed by atoms with van der Waals surface area (Å²) in [5, 5.41) is 3.01. The number of allylic oxidation sites excluding steroid dienone is 2. The smallest absolute Gasteiger partial charge is 0.151 e. The van der Waals surface area contributed by atoms with Crippen molar-refractivity contribution in [2.24, 2.45) is 10.7 Å². The second-order valence-corrected chi connectivity index (χ2v) is 2.58. The first-order chi connectivity index (χ1) is 5.70. The van der Waals surface area contributed by atoms with E-state index >= 15 is 0 Å². The third-order valence-electron chi connectivity index (χ3n) is 1.35. The molecule has 0 fully saturated rings. The SMILES string of the molecule is CC/C=C/C(C)=N\C(N)NCC. The molecule has 0 rings (SSSR count). The Bertz CT molecular complexity index is 161. The van der Waals surface area contributed by atoms with E-state index in [1.54, 1.807) is 0 Å². The van der Waals surface area contributed by atoms with Crippen molar-refractivity contribution >= 4 is 5.71 Å². The molecule has 0 spiro atoms. The van der Waals surface area contributed by atoms with Crippen molar-refractivity contribution in [2.75, 3.05) is 6.54 Å². The van der Waals surface area contributed by atoms with Crippen LogP contribution in [0.1, 0.15) is 27.2 Å². The molecular formula is C9H19N3. The van der Waals surface area contributed by atoms with Gasteiger partial charge in [0, 0.05) is 5.71 Å². The van der Waals surface area contributed by atoms with Gasteiger partial charge in [0.1, 0.15) is 0 Å². The maximum absolute atomic E-state index is 5.62. The normalized spacial score (nSPS) is 15.5. The Labute approximate surface area is 74.8 Å². The Balaban J connectivity index is 3.88. The summed E-state index contributed by atoms with van der Waals surface area (Å²) in [6, 6.07) is 0. The number of nitrogens with zero attached hydrogens (tertiary/aromatic N) is 1. The van der Waals surface area contributed by atoms with E-state index < -0.39 is 0 Å². The first-order valence-electron chi connectivity index (χ1n) is 4.40. The number of rotatable bonds is 5. The Kier molecular flexibility index (Phi) is 6.61. The predicted octanol–water partition coefficient (Wildman–Crippen LogP) is 1.27. The predicted molar refractivity (Wildman–Crippen MR) is 54.2 cm³/mol. The first-order valence-corrected chi connectivity index (χ1v) is 4.40. The topological polar surface area (TPSA) is 50.4 Å². The molecule has 0 aromatic carbocycles. The van der Waals surface area contributed by atoms with E-state index in [4.69, 9.17) is 5.73 Å². The van der Waals surface area contributed by atoms with E-state index in [0.717, 1.165) is 18.7 Å². The minimum absolute atomic E-state index is 0.267. The molecule has 1 unspecified atom stereocenters. The van der Waals surface area contributed by atoms with Crippen LogP contribution in [0.25, 0.3) is 0 Å². The number of nitrogens with two attached hydrogens (primary N) is 1. The van der Waals surface area contributed by atoms with Crippen LogP contribution in [0.3, 0.4) is 0 Å². The zero-order valence-corrected chi connectivity index (χ0v) is 8.17. The summed E-state index contributed by atoms with van der Waals surface area (Å²) in [5.74, 6) is 0. The van der Waals surface area contributed by atoms with Crippen LogP contribution in [0, 0.1) is 0 Å². The molecule has 0 aromatic heterocycles. The average molecular weight is 169 g/mol. The molecule has 0 aliphatic rings. The summed E-state index contributed by atoms with van der Waals surface area (Å²) >= 11 is 0. The Morgan fingerprint density at radius 2 is 2.25 bits per heavy atom. The van der Waals surface area contributed by atoms with Crippen molar-refractivity contribution in [1.82, 2.24) is 5.32 Å². The molecule has 0 bridgehead atoms.